The molecule has 0 fully saturated rings. The van der Waals surface area contributed by atoms with Gasteiger partial charge < -0.3 is 4.74 Å². The minimum Gasteiger partial charge on any atom is -0.497 e. The van der Waals surface area contributed by atoms with Crippen LogP contribution in [0.5, 0.6) is 5.75 Å². The first-order chi connectivity index (χ1) is 9.63. The number of nitrogens with two attached hydrogens (primary N) is 1. The average Bonchev–Trinajstić information content (AvgIpc) is 2.47. The van der Waals surface area contributed by atoms with Crippen LogP contribution in [-0.4, -0.2) is 22.0 Å². The van der Waals surface area contributed by atoms with Gasteiger partial charge in [0, 0.05) is 4.90 Å². The van der Waals surface area contributed by atoms with Crippen molar-refractivity contribution in [1.29, 1.82) is 0 Å². The lowest BCUT2D eigenvalue weighted by Crippen LogP contribution is -2.11. The fourth-order valence-electron chi connectivity index (χ4n) is 1.39. The van der Waals surface area contributed by atoms with E-state index >= 15 is 0 Å². The van der Waals surface area contributed by atoms with E-state index in [4.69, 9.17) is 10.6 Å². The molecule has 2 aromatic rings. The molecular weight excluding hydrogens is 282 g/mol. The molecule has 0 saturated carbocycles. The van der Waals surface area contributed by atoms with E-state index in [1.807, 2.05) is 0 Å². The number of hydrogen-bond acceptors (Lipinski definition) is 8. The van der Waals surface area contributed by atoms with Gasteiger partial charge in [0.25, 0.3) is 0 Å². The normalized spacial score (nSPS) is 10.1. The van der Waals surface area contributed by atoms with Crippen LogP contribution in [0.4, 0.5) is 11.6 Å². The van der Waals surface area contributed by atoms with Crippen LogP contribution in [0.1, 0.15) is 0 Å². The smallest absolute Gasteiger partial charge is 0.320 e. The molecule has 20 heavy (non-hydrogen) atoms. The van der Waals surface area contributed by atoms with Crippen LogP contribution in [0, 0.1) is 10.1 Å². The van der Waals surface area contributed by atoms with E-state index < -0.39 is 4.92 Å². The Balaban J connectivity index is 2.32. The molecule has 0 spiro atoms. The number of nitrogens with zero attached hydrogens (tertiary/aromatic N) is 3. The molecule has 0 saturated heterocycles. The van der Waals surface area contributed by atoms with Crippen molar-refractivity contribution >= 4 is 23.4 Å². The first-order valence-corrected chi connectivity index (χ1v) is 6.25. The summed E-state index contributed by atoms with van der Waals surface area (Å²) in [4.78, 5) is 18.9. The van der Waals surface area contributed by atoms with Gasteiger partial charge in [-0.15, -0.1) is 0 Å². The largest absolute Gasteiger partial charge is 0.497 e. The molecule has 2 rings (SSSR count). The number of nitro groups is 1. The maximum Gasteiger partial charge on any atom is 0.320 e. The maximum absolute atomic E-state index is 11.0. The summed E-state index contributed by atoms with van der Waals surface area (Å²) in [6.45, 7) is 0. The van der Waals surface area contributed by atoms with Crippen molar-refractivity contribution in [3.8, 4) is 5.75 Å². The maximum atomic E-state index is 11.0. The Morgan fingerprint density at radius 2 is 2.10 bits per heavy atom. The molecule has 3 N–H and O–H groups in total. The molecule has 0 amide bonds. The highest BCUT2D eigenvalue weighted by molar-refractivity contribution is 7.99. The lowest BCUT2D eigenvalue weighted by molar-refractivity contribution is -0.388. The van der Waals surface area contributed by atoms with Gasteiger partial charge in [-0.1, -0.05) is 11.8 Å². The van der Waals surface area contributed by atoms with Gasteiger partial charge in [-0.2, -0.15) is 4.98 Å². The molecule has 104 valence electrons. The van der Waals surface area contributed by atoms with Crippen molar-refractivity contribution in [1.82, 2.24) is 9.97 Å². The SMILES string of the molecule is COc1ccc(Sc2nc(NN)ncc2[N+](=O)[O-])cc1. The highest BCUT2D eigenvalue weighted by atomic mass is 32.2. The van der Waals surface area contributed by atoms with Crippen LogP contribution in [0.2, 0.25) is 0 Å². The van der Waals surface area contributed by atoms with Crippen molar-refractivity contribution in [2.75, 3.05) is 12.5 Å². The van der Waals surface area contributed by atoms with Crippen LogP contribution in [0.15, 0.2) is 40.4 Å². The summed E-state index contributed by atoms with van der Waals surface area (Å²) in [6, 6.07) is 7.09. The molecule has 1 heterocycles. The number of ether oxygens (including phenoxy) is 1. The van der Waals surface area contributed by atoms with Crippen LogP contribution in [-0.2, 0) is 0 Å². The Kier molecular flexibility index (Phi) is 4.33. The Hall–Kier alpha value is -2.39. The zero-order valence-corrected chi connectivity index (χ0v) is 11.3. The second-order valence-electron chi connectivity index (χ2n) is 3.56. The van der Waals surface area contributed by atoms with E-state index in [-0.39, 0.29) is 16.7 Å². The van der Waals surface area contributed by atoms with E-state index in [0.717, 1.165) is 22.9 Å². The van der Waals surface area contributed by atoms with Gasteiger partial charge in [0.1, 0.15) is 11.9 Å². The fourth-order valence-corrected chi connectivity index (χ4v) is 2.24. The van der Waals surface area contributed by atoms with Gasteiger partial charge in [-0.05, 0) is 24.3 Å². The van der Waals surface area contributed by atoms with Gasteiger partial charge in [0.2, 0.25) is 5.95 Å². The van der Waals surface area contributed by atoms with Crippen molar-refractivity contribution in [2.24, 2.45) is 5.84 Å². The van der Waals surface area contributed by atoms with Gasteiger partial charge in [-0.25, -0.2) is 10.8 Å². The lowest BCUT2D eigenvalue weighted by atomic mass is 10.3. The molecule has 0 atom stereocenters. The third-order valence-electron chi connectivity index (χ3n) is 2.34. The highest BCUT2D eigenvalue weighted by Gasteiger charge is 2.18. The third-order valence-corrected chi connectivity index (χ3v) is 3.34. The van der Waals surface area contributed by atoms with Gasteiger partial charge >= 0.3 is 5.69 Å². The van der Waals surface area contributed by atoms with E-state index in [2.05, 4.69) is 15.4 Å². The summed E-state index contributed by atoms with van der Waals surface area (Å²) in [5, 5.41) is 11.2. The average molecular weight is 293 g/mol. The molecule has 0 unspecified atom stereocenters. The van der Waals surface area contributed by atoms with Crippen molar-refractivity contribution in [2.45, 2.75) is 9.92 Å². The first-order valence-electron chi connectivity index (χ1n) is 5.44. The lowest BCUT2D eigenvalue weighted by Gasteiger charge is -2.05. The molecular formula is C11H11N5O3S. The van der Waals surface area contributed by atoms with E-state index in [1.165, 1.54) is 0 Å². The molecule has 8 nitrogen and oxygen atoms in total. The first kappa shape index (κ1) is 14.0. The number of hydrazine groups is 1. The highest BCUT2D eigenvalue weighted by Crippen LogP contribution is 2.33. The topological polar surface area (TPSA) is 116 Å². The molecule has 0 radical (unpaired) electrons. The number of nitrogen functional groups attached to an aromatic ring is 1. The zero-order valence-electron chi connectivity index (χ0n) is 10.4. The number of hydrogen-bond donors (Lipinski definition) is 2. The Labute approximate surface area is 118 Å². The second kappa shape index (κ2) is 6.17. The summed E-state index contributed by atoms with van der Waals surface area (Å²) < 4.78 is 5.05. The molecule has 1 aromatic heterocycles. The second-order valence-corrected chi connectivity index (χ2v) is 4.63. The third kappa shape index (κ3) is 3.13. The molecule has 0 aliphatic rings. The number of anilines is 1. The minimum atomic E-state index is -0.536. The number of rotatable bonds is 5. The minimum absolute atomic E-state index is 0.117. The zero-order chi connectivity index (χ0) is 14.5. The predicted molar refractivity (Wildman–Crippen MR) is 73.6 cm³/mol. The summed E-state index contributed by atoms with van der Waals surface area (Å²) in [5.74, 6) is 6.03. The fraction of sp³-hybridized carbons (Fsp3) is 0.0909. The van der Waals surface area contributed by atoms with Gasteiger partial charge in [-0.3, -0.25) is 15.5 Å². The van der Waals surface area contributed by atoms with Crippen LogP contribution in [0.25, 0.3) is 0 Å². The quantitative estimate of drug-likeness (QED) is 0.371. The Morgan fingerprint density at radius 3 is 2.65 bits per heavy atom. The van der Waals surface area contributed by atoms with E-state index in [1.54, 1.807) is 31.4 Å². The summed E-state index contributed by atoms with van der Waals surface area (Å²) in [7, 11) is 1.57. The van der Waals surface area contributed by atoms with Gasteiger partial charge in [0.05, 0.1) is 12.0 Å². The number of benzene rings is 1. The van der Waals surface area contributed by atoms with Crippen molar-refractivity contribution in [3.63, 3.8) is 0 Å². The summed E-state index contributed by atoms with van der Waals surface area (Å²) >= 11 is 1.15. The van der Waals surface area contributed by atoms with Crippen LogP contribution < -0.4 is 16.0 Å². The molecule has 0 aliphatic carbocycles. The standard InChI is InChI=1S/C11H11N5O3S/c1-19-7-2-4-8(5-3-7)20-10-9(16(17)18)6-13-11(14-10)15-12/h2-6H,12H2,1H3,(H,13,14,15). The van der Waals surface area contributed by atoms with Crippen LogP contribution >= 0.6 is 11.8 Å². The molecule has 0 bridgehead atoms. The van der Waals surface area contributed by atoms with Crippen LogP contribution in [0.3, 0.4) is 0 Å². The number of aromatic nitrogens is 2. The number of nitrogens with one attached hydrogen (secondary N) is 1. The molecule has 1 aromatic carbocycles. The molecule has 9 heteroatoms. The van der Waals surface area contributed by atoms with Crippen molar-refractivity contribution in [3.05, 3.63) is 40.6 Å². The van der Waals surface area contributed by atoms with Gasteiger partial charge in [0.15, 0.2) is 5.03 Å². The number of methoxy groups -OCH3 is 1. The van der Waals surface area contributed by atoms with E-state index in [0.29, 0.717) is 5.75 Å². The predicted octanol–water partition coefficient (Wildman–Crippen LogP) is 1.83. The Morgan fingerprint density at radius 1 is 1.40 bits per heavy atom. The molecule has 0 aliphatic heterocycles. The monoisotopic (exact) mass is 293 g/mol. The summed E-state index contributed by atoms with van der Waals surface area (Å²) in [5.41, 5.74) is 2.08. The van der Waals surface area contributed by atoms with Crippen molar-refractivity contribution < 1.29 is 9.66 Å². The summed E-state index contributed by atoms with van der Waals surface area (Å²) in [6.07, 6.45) is 1.12. The Bertz CT molecular complexity index is 620. The van der Waals surface area contributed by atoms with E-state index in [9.17, 15) is 10.1 Å².